The van der Waals surface area contributed by atoms with E-state index >= 15 is 0 Å². The van der Waals surface area contributed by atoms with Crippen LogP contribution < -0.4 is 4.90 Å². The fourth-order valence-corrected chi connectivity index (χ4v) is 2.43. The van der Waals surface area contributed by atoms with Gasteiger partial charge in [-0.2, -0.15) is 0 Å². The standard InChI is InChI=1S/C16H16N4O/c1-11-5-4-6-14-17-15(16(18-21)20(11)14)12-7-9-13(10-8-12)19(2)3/h4-10H,1-3H3. The predicted molar refractivity (Wildman–Crippen MR) is 85.1 cm³/mol. The lowest BCUT2D eigenvalue weighted by Gasteiger charge is -2.12. The summed E-state index contributed by atoms with van der Waals surface area (Å²) in [7, 11) is 3.98. The molecule has 2 aromatic heterocycles. The van der Waals surface area contributed by atoms with Crippen molar-refractivity contribution in [2.24, 2.45) is 5.18 Å². The van der Waals surface area contributed by atoms with Crippen molar-refractivity contribution in [3.8, 4) is 11.3 Å². The van der Waals surface area contributed by atoms with E-state index in [-0.39, 0.29) is 0 Å². The number of imidazole rings is 1. The molecule has 0 radical (unpaired) electrons. The molecule has 0 unspecified atom stereocenters. The van der Waals surface area contributed by atoms with Crippen molar-refractivity contribution < 1.29 is 0 Å². The van der Waals surface area contributed by atoms with Crippen molar-refractivity contribution >= 4 is 17.2 Å². The number of hydrogen-bond donors (Lipinski definition) is 0. The molecule has 0 aliphatic rings. The van der Waals surface area contributed by atoms with Crippen molar-refractivity contribution in [3.05, 3.63) is 53.1 Å². The van der Waals surface area contributed by atoms with Crippen LogP contribution in [0.1, 0.15) is 5.69 Å². The molecule has 0 amide bonds. The molecule has 3 aromatic rings. The van der Waals surface area contributed by atoms with E-state index in [1.807, 2.05) is 68.4 Å². The van der Waals surface area contributed by atoms with Gasteiger partial charge in [0.05, 0.1) is 0 Å². The van der Waals surface area contributed by atoms with Crippen LogP contribution in [0.5, 0.6) is 0 Å². The highest BCUT2D eigenvalue weighted by molar-refractivity contribution is 5.75. The number of rotatable bonds is 3. The van der Waals surface area contributed by atoms with Crippen LogP contribution in [0.25, 0.3) is 16.9 Å². The molecule has 0 spiro atoms. The van der Waals surface area contributed by atoms with Crippen LogP contribution in [0.2, 0.25) is 0 Å². The first-order valence-corrected chi connectivity index (χ1v) is 6.71. The number of aromatic nitrogens is 2. The van der Waals surface area contributed by atoms with E-state index in [4.69, 9.17) is 0 Å². The second-order valence-electron chi connectivity index (χ2n) is 5.18. The molecule has 21 heavy (non-hydrogen) atoms. The Morgan fingerprint density at radius 2 is 1.81 bits per heavy atom. The zero-order chi connectivity index (χ0) is 15.0. The van der Waals surface area contributed by atoms with Gasteiger partial charge in [-0.25, -0.2) is 4.98 Å². The van der Waals surface area contributed by atoms with E-state index in [0.717, 1.165) is 22.6 Å². The lowest BCUT2D eigenvalue weighted by molar-refractivity contribution is 1.08. The summed E-state index contributed by atoms with van der Waals surface area (Å²) < 4.78 is 1.78. The Kier molecular flexibility index (Phi) is 3.17. The van der Waals surface area contributed by atoms with Gasteiger partial charge in [0.2, 0.25) is 5.82 Å². The van der Waals surface area contributed by atoms with Gasteiger partial charge < -0.3 is 4.90 Å². The maximum atomic E-state index is 11.3. The zero-order valence-corrected chi connectivity index (χ0v) is 12.2. The van der Waals surface area contributed by atoms with Gasteiger partial charge in [0, 0.05) is 31.0 Å². The van der Waals surface area contributed by atoms with Crippen LogP contribution in [-0.4, -0.2) is 23.5 Å². The molecule has 0 bridgehead atoms. The van der Waals surface area contributed by atoms with Gasteiger partial charge in [0.25, 0.3) is 0 Å². The molecular formula is C16H16N4O. The molecule has 5 nitrogen and oxygen atoms in total. The second kappa shape index (κ2) is 5.01. The van der Waals surface area contributed by atoms with Crippen LogP contribution in [0.4, 0.5) is 11.5 Å². The highest BCUT2D eigenvalue weighted by Crippen LogP contribution is 2.32. The van der Waals surface area contributed by atoms with Crippen LogP contribution in [-0.2, 0) is 0 Å². The number of fused-ring (bicyclic) bond motifs is 1. The molecule has 0 aliphatic heterocycles. The average molecular weight is 280 g/mol. The third kappa shape index (κ3) is 2.16. The number of aryl methyl sites for hydroxylation is 1. The fraction of sp³-hybridized carbons (Fsp3) is 0.188. The zero-order valence-electron chi connectivity index (χ0n) is 12.2. The van der Waals surface area contributed by atoms with Gasteiger partial charge in [-0.05, 0) is 36.4 Å². The van der Waals surface area contributed by atoms with E-state index in [1.54, 1.807) is 4.40 Å². The maximum Gasteiger partial charge on any atom is 0.209 e. The number of hydrogen-bond acceptors (Lipinski definition) is 4. The van der Waals surface area contributed by atoms with E-state index < -0.39 is 0 Å². The second-order valence-corrected chi connectivity index (χ2v) is 5.18. The molecule has 0 atom stereocenters. The molecule has 0 fully saturated rings. The van der Waals surface area contributed by atoms with Crippen molar-refractivity contribution in [1.29, 1.82) is 0 Å². The number of nitroso groups, excluding NO2 is 1. The van der Waals surface area contributed by atoms with Crippen LogP contribution in [0.15, 0.2) is 47.6 Å². The summed E-state index contributed by atoms with van der Waals surface area (Å²) >= 11 is 0. The largest absolute Gasteiger partial charge is 0.378 e. The Labute approximate surface area is 122 Å². The SMILES string of the molecule is Cc1cccc2nc(-c3ccc(N(C)C)cc3)c(N=O)n12. The molecule has 0 saturated heterocycles. The molecule has 0 aliphatic carbocycles. The first-order chi connectivity index (χ1) is 10.1. The molecule has 1 aromatic carbocycles. The predicted octanol–water partition coefficient (Wildman–Crippen LogP) is 3.77. The summed E-state index contributed by atoms with van der Waals surface area (Å²) in [6.45, 7) is 1.93. The minimum atomic E-state index is 0.348. The maximum absolute atomic E-state index is 11.3. The van der Waals surface area contributed by atoms with Gasteiger partial charge in [0.1, 0.15) is 11.3 Å². The Morgan fingerprint density at radius 3 is 2.43 bits per heavy atom. The van der Waals surface area contributed by atoms with Gasteiger partial charge in [0.15, 0.2) is 0 Å². The molecule has 106 valence electrons. The average Bonchev–Trinajstić information content (AvgIpc) is 2.87. The quantitative estimate of drug-likeness (QED) is 0.686. The Bertz CT molecular complexity index is 803. The fourth-order valence-electron chi connectivity index (χ4n) is 2.43. The highest BCUT2D eigenvalue weighted by atomic mass is 16.3. The van der Waals surface area contributed by atoms with E-state index in [9.17, 15) is 4.91 Å². The molecule has 0 N–H and O–H groups in total. The van der Waals surface area contributed by atoms with E-state index in [2.05, 4.69) is 10.2 Å². The summed E-state index contributed by atoms with van der Waals surface area (Å²) in [5, 5.41) is 3.19. The molecule has 3 rings (SSSR count). The molecule has 0 saturated carbocycles. The Morgan fingerprint density at radius 1 is 1.10 bits per heavy atom. The summed E-state index contributed by atoms with van der Waals surface area (Å²) in [6.07, 6.45) is 0. The first kappa shape index (κ1) is 13.3. The molecule has 2 heterocycles. The normalized spacial score (nSPS) is 10.8. The lowest BCUT2D eigenvalue weighted by Crippen LogP contribution is -2.07. The monoisotopic (exact) mass is 280 g/mol. The van der Waals surface area contributed by atoms with Gasteiger partial charge in [-0.3, -0.25) is 4.40 Å². The summed E-state index contributed by atoms with van der Waals surface area (Å²) in [5.74, 6) is 0.348. The van der Waals surface area contributed by atoms with Gasteiger partial charge in [-0.1, -0.05) is 18.2 Å². The number of anilines is 1. The number of nitrogens with zero attached hydrogens (tertiary/aromatic N) is 4. The molecule has 5 heteroatoms. The highest BCUT2D eigenvalue weighted by Gasteiger charge is 2.15. The van der Waals surface area contributed by atoms with Crippen LogP contribution in [0.3, 0.4) is 0 Å². The third-order valence-corrected chi connectivity index (χ3v) is 3.56. The topological polar surface area (TPSA) is 50.0 Å². The van der Waals surface area contributed by atoms with Crippen LogP contribution in [0, 0.1) is 11.8 Å². The van der Waals surface area contributed by atoms with Crippen molar-refractivity contribution in [1.82, 2.24) is 9.38 Å². The summed E-state index contributed by atoms with van der Waals surface area (Å²) in [4.78, 5) is 17.9. The Hall–Kier alpha value is -2.69. The van der Waals surface area contributed by atoms with Gasteiger partial charge in [-0.15, -0.1) is 4.91 Å². The van der Waals surface area contributed by atoms with E-state index in [0.29, 0.717) is 11.5 Å². The lowest BCUT2D eigenvalue weighted by atomic mass is 10.1. The Balaban J connectivity index is 2.20. The third-order valence-electron chi connectivity index (χ3n) is 3.56. The van der Waals surface area contributed by atoms with Gasteiger partial charge >= 0.3 is 0 Å². The summed E-state index contributed by atoms with van der Waals surface area (Å²) in [6, 6.07) is 13.6. The summed E-state index contributed by atoms with van der Waals surface area (Å²) in [5.41, 5.74) is 4.27. The van der Waals surface area contributed by atoms with Crippen molar-refractivity contribution in [2.45, 2.75) is 6.92 Å². The minimum Gasteiger partial charge on any atom is -0.378 e. The first-order valence-electron chi connectivity index (χ1n) is 6.71. The number of benzene rings is 1. The molecular weight excluding hydrogens is 264 g/mol. The van der Waals surface area contributed by atoms with E-state index in [1.165, 1.54) is 0 Å². The van der Waals surface area contributed by atoms with Crippen molar-refractivity contribution in [2.75, 3.05) is 19.0 Å². The smallest absolute Gasteiger partial charge is 0.209 e. The van der Waals surface area contributed by atoms with Crippen LogP contribution >= 0.6 is 0 Å². The minimum absolute atomic E-state index is 0.348. The van der Waals surface area contributed by atoms with Crippen molar-refractivity contribution in [3.63, 3.8) is 0 Å². The number of pyridine rings is 1.